The van der Waals surface area contributed by atoms with E-state index in [9.17, 15) is 4.79 Å². The smallest absolute Gasteiger partial charge is 0.235 e. The highest BCUT2D eigenvalue weighted by molar-refractivity contribution is 6.06. The lowest BCUT2D eigenvalue weighted by molar-refractivity contribution is -0.122. The molecule has 142 valence electrons. The minimum atomic E-state index is -0.304. The van der Waals surface area contributed by atoms with Gasteiger partial charge in [-0.15, -0.1) is 0 Å². The average Bonchev–Trinajstić information content (AvgIpc) is 3.25. The second-order valence-corrected chi connectivity index (χ2v) is 8.47. The number of nitrogens with zero attached hydrogens (tertiary/aromatic N) is 2. The molecule has 0 radical (unpaired) electrons. The van der Waals surface area contributed by atoms with Crippen molar-refractivity contribution in [1.29, 1.82) is 0 Å². The van der Waals surface area contributed by atoms with Crippen molar-refractivity contribution in [3.05, 3.63) is 47.7 Å². The van der Waals surface area contributed by atoms with Gasteiger partial charge in [-0.2, -0.15) is 0 Å². The van der Waals surface area contributed by atoms with Gasteiger partial charge >= 0.3 is 0 Å². The Kier molecular flexibility index (Phi) is 4.08. The Labute approximate surface area is 160 Å². The molecule has 1 amide bonds. The number of amides is 1. The lowest BCUT2D eigenvalue weighted by Crippen LogP contribution is -2.48. The molecule has 5 heteroatoms. The van der Waals surface area contributed by atoms with Crippen molar-refractivity contribution >= 4 is 11.6 Å². The number of anilines is 1. The van der Waals surface area contributed by atoms with Crippen LogP contribution in [0.1, 0.15) is 61.6 Å². The highest BCUT2D eigenvalue weighted by Gasteiger charge is 2.49. The van der Waals surface area contributed by atoms with Gasteiger partial charge in [-0.3, -0.25) is 9.69 Å². The quantitative estimate of drug-likeness (QED) is 0.874. The van der Waals surface area contributed by atoms with Gasteiger partial charge in [0.15, 0.2) is 5.89 Å². The molecule has 0 unspecified atom stereocenters. The Balaban J connectivity index is 1.29. The predicted octanol–water partition coefficient (Wildman–Crippen LogP) is 4.00. The second-order valence-electron chi connectivity index (χ2n) is 8.47. The van der Waals surface area contributed by atoms with Crippen molar-refractivity contribution in [1.82, 2.24) is 9.88 Å². The second kappa shape index (κ2) is 6.48. The molecule has 1 saturated carbocycles. The van der Waals surface area contributed by atoms with Gasteiger partial charge in [0.1, 0.15) is 6.26 Å². The van der Waals surface area contributed by atoms with E-state index in [1.807, 2.05) is 19.1 Å². The maximum atomic E-state index is 12.8. The van der Waals surface area contributed by atoms with E-state index in [0.717, 1.165) is 62.5 Å². The summed E-state index contributed by atoms with van der Waals surface area (Å²) in [5.41, 5.74) is 2.88. The van der Waals surface area contributed by atoms with Crippen molar-refractivity contribution in [3.63, 3.8) is 0 Å². The number of carbonyl (C=O) groups is 1. The zero-order chi connectivity index (χ0) is 18.4. The first-order valence-electron chi connectivity index (χ1n) is 10.2. The molecule has 1 aromatic heterocycles. The summed E-state index contributed by atoms with van der Waals surface area (Å²) in [6.07, 6.45) is 8.16. The van der Waals surface area contributed by atoms with E-state index < -0.39 is 0 Å². The zero-order valence-corrected chi connectivity index (χ0v) is 15.9. The van der Waals surface area contributed by atoms with E-state index in [4.69, 9.17) is 4.42 Å². The predicted molar refractivity (Wildman–Crippen MR) is 104 cm³/mol. The van der Waals surface area contributed by atoms with Gasteiger partial charge in [0.2, 0.25) is 5.91 Å². The van der Waals surface area contributed by atoms with Crippen molar-refractivity contribution < 1.29 is 9.21 Å². The molecule has 27 heavy (non-hydrogen) atoms. The molecule has 1 N–H and O–H groups in total. The molecule has 1 spiro atoms. The fourth-order valence-electron chi connectivity index (χ4n) is 5.43. The third-order valence-corrected chi connectivity index (χ3v) is 6.89. The number of benzene rings is 1. The number of aromatic nitrogens is 1. The zero-order valence-electron chi connectivity index (χ0n) is 15.9. The van der Waals surface area contributed by atoms with E-state index >= 15 is 0 Å². The monoisotopic (exact) mass is 365 g/mol. The standard InChI is InChI=1S/C22H27N3O2/c1-15-14-27-20(23-15)16-5-4-12-25(13-16)17-8-10-22(11-9-17)18-6-2-3-7-19(18)24-21(22)26/h2-3,6-7,14,16-17H,4-5,8-13H2,1H3,(H,24,26)/t16-,17?,22?/m1/s1. The molecule has 2 aromatic rings. The van der Waals surface area contributed by atoms with Gasteiger partial charge in [-0.25, -0.2) is 4.98 Å². The number of aryl methyl sites for hydroxylation is 1. The normalized spacial score (nSPS) is 31.1. The summed E-state index contributed by atoms with van der Waals surface area (Å²) in [7, 11) is 0. The van der Waals surface area contributed by atoms with Crippen LogP contribution in [0, 0.1) is 6.92 Å². The molecule has 2 aliphatic heterocycles. The first-order chi connectivity index (χ1) is 13.2. The summed E-state index contributed by atoms with van der Waals surface area (Å²) in [5.74, 6) is 1.50. The summed E-state index contributed by atoms with van der Waals surface area (Å²) < 4.78 is 5.68. The van der Waals surface area contributed by atoms with Crippen LogP contribution < -0.4 is 5.32 Å². The number of fused-ring (bicyclic) bond motifs is 2. The molecule has 3 aliphatic rings. The summed E-state index contributed by atoms with van der Waals surface area (Å²) in [6.45, 7) is 4.16. The number of likely N-dealkylation sites (tertiary alicyclic amines) is 1. The van der Waals surface area contributed by atoms with Crippen LogP contribution in [0.4, 0.5) is 5.69 Å². The van der Waals surface area contributed by atoms with E-state index in [1.54, 1.807) is 6.26 Å². The minimum Gasteiger partial charge on any atom is -0.448 e. The van der Waals surface area contributed by atoms with Crippen LogP contribution in [-0.4, -0.2) is 34.9 Å². The molecular formula is C22H27N3O2. The molecule has 1 aromatic carbocycles. The highest BCUT2D eigenvalue weighted by Crippen LogP contribution is 2.48. The van der Waals surface area contributed by atoms with Crippen LogP contribution in [0.2, 0.25) is 0 Å². The Morgan fingerprint density at radius 2 is 2.04 bits per heavy atom. The number of nitrogens with one attached hydrogen (secondary N) is 1. The fraction of sp³-hybridized carbons (Fsp3) is 0.545. The van der Waals surface area contributed by atoms with Gasteiger partial charge in [0, 0.05) is 24.2 Å². The Morgan fingerprint density at radius 3 is 2.81 bits per heavy atom. The third kappa shape index (κ3) is 2.80. The summed E-state index contributed by atoms with van der Waals surface area (Å²) >= 11 is 0. The lowest BCUT2D eigenvalue weighted by Gasteiger charge is -2.43. The molecular weight excluding hydrogens is 338 g/mol. The molecule has 1 saturated heterocycles. The van der Waals surface area contributed by atoms with Crippen molar-refractivity contribution in [3.8, 4) is 0 Å². The van der Waals surface area contributed by atoms with E-state index in [1.165, 1.54) is 12.0 Å². The van der Waals surface area contributed by atoms with Crippen LogP contribution in [0.5, 0.6) is 0 Å². The van der Waals surface area contributed by atoms with Gasteiger partial charge in [-0.1, -0.05) is 18.2 Å². The van der Waals surface area contributed by atoms with E-state index in [2.05, 4.69) is 27.3 Å². The number of carbonyl (C=O) groups excluding carboxylic acids is 1. The lowest BCUT2D eigenvalue weighted by atomic mass is 9.68. The number of rotatable bonds is 2. The summed E-state index contributed by atoms with van der Waals surface area (Å²) in [4.78, 5) is 20.0. The molecule has 5 nitrogen and oxygen atoms in total. The number of hydrogen-bond acceptors (Lipinski definition) is 4. The summed E-state index contributed by atoms with van der Waals surface area (Å²) in [6, 6.07) is 8.79. The Bertz CT molecular complexity index is 851. The SMILES string of the molecule is Cc1coc([C@@H]2CCCN(C3CCC4(CC3)C(=O)Nc3ccccc34)C2)n1. The van der Waals surface area contributed by atoms with Crippen LogP contribution >= 0.6 is 0 Å². The molecule has 0 bridgehead atoms. The first-order valence-corrected chi connectivity index (χ1v) is 10.2. The maximum absolute atomic E-state index is 12.8. The molecule has 2 fully saturated rings. The van der Waals surface area contributed by atoms with Crippen molar-refractivity contribution in [2.75, 3.05) is 18.4 Å². The molecule has 1 aliphatic carbocycles. The van der Waals surface area contributed by atoms with Crippen LogP contribution in [0.3, 0.4) is 0 Å². The Morgan fingerprint density at radius 1 is 1.22 bits per heavy atom. The first kappa shape index (κ1) is 17.0. The topological polar surface area (TPSA) is 58.4 Å². The van der Waals surface area contributed by atoms with E-state index in [0.29, 0.717) is 12.0 Å². The van der Waals surface area contributed by atoms with Gasteiger partial charge in [-0.05, 0) is 63.6 Å². The fourth-order valence-corrected chi connectivity index (χ4v) is 5.43. The molecule has 5 rings (SSSR count). The van der Waals surface area contributed by atoms with Gasteiger partial charge < -0.3 is 9.73 Å². The minimum absolute atomic E-state index is 0.203. The van der Waals surface area contributed by atoms with Gasteiger partial charge in [0.25, 0.3) is 0 Å². The maximum Gasteiger partial charge on any atom is 0.235 e. The number of para-hydroxylation sites is 1. The van der Waals surface area contributed by atoms with Crippen LogP contribution in [0.25, 0.3) is 0 Å². The molecule has 3 heterocycles. The molecule has 1 atom stereocenters. The largest absolute Gasteiger partial charge is 0.448 e. The van der Waals surface area contributed by atoms with E-state index in [-0.39, 0.29) is 11.3 Å². The third-order valence-electron chi connectivity index (χ3n) is 6.89. The Hall–Kier alpha value is -2.14. The van der Waals surface area contributed by atoms with Gasteiger partial charge in [0.05, 0.1) is 11.1 Å². The highest BCUT2D eigenvalue weighted by atomic mass is 16.3. The van der Waals surface area contributed by atoms with Crippen LogP contribution in [-0.2, 0) is 10.2 Å². The summed E-state index contributed by atoms with van der Waals surface area (Å²) in [5, 5.41) is 3.11. The average molecular weight is 365 g/mol. The van der Waals surface area contributed by atoms with Crippen LogP contribution in [0.15, 0.2) is 34.9 Å². The number of oxazole rings is 1. The van der Waals surface area contributed by atoms with Crippen molar-refractivity contribution in [2.24, 2.45) is 0 Å². The van der Waals surface area contributed by atoms with Crippen molar-refractivity contribution in [2.45, 2.75) is 62.8 Å². The number of piperidine rings is 1. The number of hydrogen-bond donors (Lipinski definition) is 1.